The molecule has 5 heteroatoms. The van der Waals surface area contributed by atoms with Gasteiger partial charge in [0.1, 0.15) is 5.75 Å². The van der Waals surface area contributed by atoms with E-state index in [4.69, 9.17) is 14.9 Å². The van der Waals surface area contributed by atoms with E-state index in [0.29, 0.717) is 35.8 Å². The van der Waals surface area contributed by atoms with Crippen LogP contribution < -0.4 is 10.5 Å². The average Bonchev–Trinajstić information content (AvgIpc) is 2.83. The third kappa shape index (κ3) is 2.71. The normalized spacial score (nSPS) is 10.8. The summed E-state index contributed by atoms with van der Waals surface area (Å²) >= 11 is 0. The molecule has 0 atom stereocenters. The summed E-state index contributed by atoms with van der Waals surface area (Å²) in [5.74, 6) is 1.44. The number of aryl methyl sites for hydroxylation is 1. The molecule has 0 unspecified atom stereocenters. The van der Waals surface area contributed by atoms with Gasteiger partial charge in [0, 0.05) is 6.07 Å². The van der Waals surface area contributed by atoms with Crippen LogP contribution in [0.4, 0.5) is 5.69 Å². The van der Waals surface area contributed by atoms with Gasteiger partial charge in [0.05, 0.1) is 24.9 Å². The van der Waals surface area contributed by atoms with E-state index in [1.165, 1.54) is 5.56 Å². The Morgan fingerprint density at radius 2 is 2.05 bits per heavy atom. The lowest BCUT2D eigenvalue weighted by molar-refractivity contribution is 0.308. The van der Waals surface area contributed by atoms with Crippen LogP contribution >= 0.6 is 0 Å². The highest BCUT2D eigenvalue weighted by Crippen LogP contribution is 2.17. The summed E-state index contributed by atoms with van der Waals surface area (Å²) in [6.45, 7) is 2.55. The van der Waals surface area contributed by atoms with Crippen molar-refractivity contribution < 1.29 is 9.15 Å². The van der Waals surface area contributed by atoms with Gasteiger partial charge in [-0.2, -0.15) is 4.98 Å². The Hall–Kier alpha value is -2.56. The minimum Gasteiger partial charge on any atom is -0.493 e. The van der Waals surface area contributed by atoms with Gasteiger partial charge in [-0.25, -0.2) is 4.98 Å². The van der Waals surface area contributed by atoms with E-state index < -0.39 is 0 Å². The third-order valence-corrected chi connectivity index (χ3v) is 2.92. The van der Waals surface area contributed by atoms with Gasteiger partial charge in [-0.3, -0.25) is 0 Å². The van der Waals surface area contributed by atoms with Gasteiger partial charge in [-0.1, -0.05) is 17.7 Å². The summed E-state index contributed by atoms with van der Waals surface area (Å²) in [6.07, 6.45) is 2.15. The molecular formula is C15H15N3O2. The van der Waals surface area contributed by atoms with Gasteiger partial charge in [-0.15, -0.1) is 0 Å². The van der Waals surface area contributed by atoms with Crippen molar-refractivity contribution >= 4 is 16.9 Å². The number of hydrogen-bond donors (Lipinski definition) is 1. The minimum atomic E-state index is 0.505. The summed E-state index contributed by atoms with van der Waals surface area (Å²) < 4.78 is 11.2. The smallest absolute Gasteiger partial charge is 0.200 e. The molecule has 0 amide bonds. The summed E-state index contributed by atoms with van der Waals surface area (Å²) in [4.78, 5) is 8.39. The number of aromatic nitrogens is 2. The van der Waals surface area contributed by atoms with Crippen molar-refractivity contribution in [3.05, 3.63) is 48.0 Å². The van der Waals surface area contributed by atoms with Crippen molar-refractivity contribution in [2.75, 3.05) is 12.3 Å². The average molecular weight is 269 g/mol. The standard InChI is InChI=1S/C15H15N3O2/c1-10-2-4-12(5-3-10)19-7-6-14-18-15-13(20-14)8-11(16)9-17-15/h2-5,8-9H,6-7,16H2,1H3. The maximum atomic E-state index is 5.65. The molecule has 0 aliphatic heterocycles. The number of nitrogen functional groups attached to an aromatic ring is 1. The van der Waals surface area contributed by atoms with Crippen LogP contribution in [0.1, 0.15) is 11.5 Å². The van der Waals surface area contributed by atoms with E-state index in [9.17, 15) is 0 Å². The van der Waals surface area contributed by atoms with E-state index in [0.717, 1.165) is 5.75 Å². The Balaban J connectivity index is 1.63. The Bertz CT molecular complexity index is 720. The Labute approximate surface area is 116 Å². The van der Waals surface area contributed by atoms with Gasteiger partial charge in [0.2, 0.25) is 0 Å². The molecule has 2 aromatic heterocycles. The van der Waals surface area contributed by atoms with Crippen LogP contribution in [0.5, 0.6) is 5.75 Å². The molecule has 0 saturated heterocycles. The maximum Gasteiger partial charge on any atom is 0.200 e. The van der Waals surface area contributed by atoms with Crippen molar-refractivity contribution in [2.24, 2.45) is 0 Å². The largest absolute Gasteiger partial charge is 0.493 e. The highest BCUT2D eigenvalue weighted by Gasteiger charge is 2.07. The summed E-state index contributed by atoms with van der Waals surface area (Å²) in [5, 5.41) is 0. The van der Waals surface area contributed by atoms with Crippen molar-refractivity contribution in [1.82, 2.24) is 9.97 Å². The number of fused-ring (bicyclic) bond motifs is 1. The zero-order chi connectivity index (χ0) is 13.9. The number of nitrogens with zero attached hydrogens (tertiary/aromatic N) is 2. The molecular weight excluding hydrogens is 254 g/mol. The molecule has 3 rings (SSSR count). The Morgan fingerprint density at radius 1 is 1.25 bits per heavy atom. The lowest BCUT2D eigenvalue weighted by atomic mass is 10.2. The number of hydrogen-bond acceptors (Lipinski definition) is 5. The molecule has 0 aliphatic rings. The van der Waals surface area contributed by atoms with Crippen LogP contribution in [-0.4, -0.2) is 16.6 Å². The van der Waals surface area contributed by atoms with Crippen molar-refractivity contribution in [1.29, 1.82) is 0 Å². The van der Waals surface area contributed by atoms with Crippen LogP contribution in [0.2, 0.25) is 0 Å². The van der Waals surface area contributed by atoms with Crippen LogP contribution in [0, 0.1) is 6.92 Å². The topological polar surface area (TPSA) is 74.2 Å². The van der Waals surface area contributed by atoms with Crippen molar-refractivity contribution in [3.8, 4) is 5.75 Å². The van der Waals surface area contributed by atoms with Gasteiger partial charge in [-0.05, 0) is 19.1 Å². The lowest BCUT2D eigenvalue weighted by Crippen LogP contribution is -2.01. The molecule has 0 spiro atoms. The molecule has 0 saturated carbocycles. The summed E-state index contributed by atoms with van der Waals surface area (Å²) in [5.41, 5.74) is 8.60. The SMILES string of the molecule is Cc1ccc(OCCc2nc3ncc(N)cc3o2)cc1. The molecule has 1 aromatic carbocycles. The Morgan fingerprint density at radius 3 is 2.85 bits per heavy atom. The van der Waals surface area contributed by atoms with E-state index in [2.05, 4.69) is 9.97 Å². The van der Waals surface area contributed by atoms with Gasteiger partial charge in [0.15, 0.2) is 17.1 Å². The molecule has 3 aromatic rings. The highest BCUT2D eigenvalue weighted by atomic mass is 16.5. The number of nitrogens with two attached hydrogens (primary N) is 1. The first-order valence-electron chi connectivity index (χ1n) is 6.41. The number of ether oxygens (including phenoxy) is 1. The van der Waals surface area contributed by atoms with Crippen LogP contribution in [0.3, 0.4) is 0 Å². The maximum absolute atomic E-state index is 5.65. The van der Waals surface area contributed by atoms with E-state index >= 15 is 0 Å². The number of anilines is 1. The zero-order valence-electron chi connectivity index (χ0n) is 11.2. The first-order chi connectivity index (χ1) is 9.70. The molecule has 5 nitrogen and oxygen atoms in total. The predicted molar refractivity (Wildman–Crippen MR) is 76.6 cm³/mol. The first kappa shape index (κ1) is 12.5. The minimum absolute atomic E-state index is 0.505. The highest BCUT2D eigenvalue weighted by molar-refractivity contribution is 5.71. The van der Waals surface area contributed by atoms with Crippen LogP contribution in [0.25, 0.3) is 11.2 Å². The fourth-order valence-electron chi connectivity index (χ4n) is 1.88. The van der Waals surface area contributed by atoms with E-state index in [1.807, 2.05) is 31.2 Å². The number of rotatable bonds is 4. The quantitative estimate of drug-likeness (QED) is 0.788. The second-order valence-corrected chi connectivity index (χ2v) is 4.61. The Kier molecular flexibility index (Phi) is 3.25. The molecule has 20 heavy (non-hydrogen) atoms. The van der Waals surface area contributed by atoms with Crippen LogP contribution in [-0.2, 0) is 6.42 Å². The molecule has 102 valence electrons. The summed E-state index contributed by atoms with van der Waals surface area (Å²) in [7, 11) is 0. The second kappa shape index (κ2) is 5.21. The monoisotopic (exact) mass is 269 g/mol. The van der Waals surface area contributed by atoms with Gasteiger partial charge < -0.3 is 14.9 Å². The van der Waals surface area contributed by atoms with Gasteiger partial charge >= 0.3 is 0 Å². The molecule has 0 bridgehead atoms. The van der Waals surface area contributed by atoms with Crippen molar-refractivity contribution in [3.63, 3.8) is 0 Å². The number of pyridine rings is 1. The fraction of sp³-hybridized carbons (Fsp3) is 0.200. The lowest BCUT2D eigenvalue weighted by Gasteiger charge is -2.04. The number of benzene rings is 1. The van der Waals surface area contributed by atoms with E-state index in [-0.39, 0.29) is 0 Å². The number of oxazole rings is 1. The second-order valence-electron chi connectivity index (χ2n) is 4.61. The van der Waals surface area contributed by atoms with E-state index in [1.54, 1.807) is 12.3 Å². The third-order valence-electron chi connectivity index (χ3n) is 2.92. The van der Waals surface area contributed by atoms with Gasteiger partial charge in [0.25, 0.3) is 0 Å². The first-order valence-corrected chi connectivity index (χ1v) is 6.41. The molecule has 2 heterocycles. The predicted octanol–water partition coefficient (Wildman–Crippen LogP) is 2.73. The molecule has 0 fully saturated rings. The summed E-state index contributed by atoms with van der Waals surface area (Å²) in [6, 6.07) is 9.65. The fourth-order valence-corrected chi connectivity index (χ4v) is 1.88. The molecule has 2 N–H and O–H groups in total. The van der Waals surface area contributed by atoms with Crippen LogP contribution in [0.15, 0.2) is 40.9 Å². The molecule has 0 aliphatic carbocycles. The zero-order valence-corrected chi connectivity index (χ0v) is 11.2. The molecule has 0 radical (unpaired) electrons. The van der Waals surface area contributed by atoms with Crippen molar-refractivity contribution in [2.45, 2.75) is 13.3 Å².